The Balaban J connectivity index is 2.18. The molecule has 0 aliphatic rings. The van der Waals surface area contributed by atoms with Crippen LogP contribution in [-0.4, -0.2) is 7.11 Å². The first-order chi connectivity index (χ1) is 8.61. The summed E-state index contributed by atoms with van der Waals surface area (Å²) >= 11 is 9.12. The van der Waals surface area contributed by atoms with Gasteiger partial charge in [-0.1, -0.05) is 34.1 Å². The van der Waals surface area contributed by atoms with Crippen molar-refractivity contribution in [3.8, 4) is 5.75 Å². The van der Waals surface area contributed by atoms with Gasteiger partial charge in [-0.3, -0.25) is 0 Å². The molecular weight excluding hydrogens is 376 g/mol. The van der Waals surface area contributed by atoms with E-state index in [2.05, 4.69) is 50.9 Å². The molecule has 1 unspecified atom stereocenters. The number of ether oxygens (including phenoxy) is 1. The lowest BCUT2D eigenvalue weighted by Gasteiger charge is -2.11. The second kappa shape index (κ2) is 6.22. The van der Waals surface area contributed by atoms with E-state index in [1.165, 1.54) is 19.8 Å². The van der Waals surface area contributed by atoms with Gasteiger partial charge in [-0.05, 0) is 52.5 Å². The van der Waals surface area contributed by atoms with Gasteiger partial charge < -0.3 is 4.74 Å². The zero-order valence-corrected chi connectivity index (χ0v) is 14.2. The highest BCUT2D eigenvalue weighted by atomic mass is 79.9. The standard InChI is InChI=1S/C14H14Br2OS/c1-9-7-13(18-14(9)16)11(15)8-10-5-3-4-6-12(10)17-2/h3-7,11H,8H2,1-2H3. The minimum absolute atomic E-state index is 0.323. The second-order valence-electron chi connectivity index (χ2n) is 4.09. The van der Waals surface area contributed by atoms with Crippen LogP contribution in [0.5, 0.6) is 5.75 Å². The first-order valence-corrected chi connectivity index (χ1v) is 8.16. The Kier molecular flexibility index (Phi) is 4.87. The van der Waals surface area contributed by atoms with E-state index >= 15 is 0 Å². The maximum absolute atomic E-state index is 5.38. The number of para-hydroxylation sites is 1. The molecule has 0 saturated heterocycles. The summed E-state index contributed by atoms with van der Waals surface area (Å²) in [6, 6.07) is 10.4. The van der Waals surface area contributed by atoms with Crippen molar-refractivity contribution >= 4 is 43.2 Å². The van der Waals surface area contributed by atoms with Gasteiger partial charge in [0.15, 0.2) is 0 Å². The topological polar surface area (TPSA) is 9.23 Å². The van der Waals surface area contributed by atoms with Crippen LogP contribution in [0.15, 0.2) is 34.1 Å². The Morgan fingerprint density at radius 1 is 1.33 bits per heavy atom. The molecule has 96 valence electrons. The van der Waals surface area contributed by atoms with Crippen LogP contribution in [0.2, 0.25) is 0 Å². The predicted molar refractivity (Wildman–Crippen MR) is 85.1 cm³/mol. The van der Waals surface area contributed by atoms with E-state index in [1.807, 2.05) is 18.2 Å². The minimum atomic E-state index is 0.323. The number of hydrogen-bond acceptors (Lipinski definition) is 2. The van der Waals surface area contributed by atoms with Crippen LogP contribution >= 0.6 is 43.2 Å². The fourth-order valence-electron chi connectivity index (χ4n) is 1.80. The molecule has 1 heterocycles. The van der Waals surface area contributed by atoms with Crippen molar-refractivity contribution in [2.24, 2.45) is 0 Å². The fraction of sp³-hybridized carbons (Fsp3) is 0.286. The summed E-state index contributed by atoms with van der Waals surface area (Å²) in [4.78, 5) is 1.66. The number of halogens is 2. The highest BCUT2D eigenvalue weighted by Gasteiger charge is 2.14. The van der Waals surface area contributed by atoms with Crippen molar-refractivity contribution in [2.45, 2.75) is 18.2 Å². The smallest absolute Gasteiger partial charge is 0.122 e. The third-order valence-corrected chi connectivity index (χ3v) is 6.15. The number of alkyl halides is 1. The Morgan fingerprint density at radius 2 is 2.06 bits per heavy atom. The molecule has 2 rings (SSSR count). The number of aryl methyl sites for hydroxylation is 1. The van der Waals surface area contributed by atoms with E-state index < -0.39 is 0 Å². The first-order valence-electron chi connectivity index (χ1n) is 5.63. The van der Waals surface area contributed by atoms with Gasteiger partial charge in [0.2, 0.25) is 0 Å². The van der Waals surface area contributed by atoms with Crippen LogP contribution in [0.1, 0.15) is 20.8 Å². The number of rotatable bonds is 4. The van der Waals surface area contributed by atoms with E-state index in [0.29, 0.717) is 4.83 Å². The quantitative estimate of drug-likeness (QED) is 0.626. The molecule has 0 aliphatic carbocycles. The molecule has 1 atom stereocenters. The summed E-state index contributed by atoms with van der Waals surface area (Å²) in [6.07, 6.45) is 0.927. The molecule has 0 amide bonds. The van der Waals surface area contributed by atoms with E-state index in [4.69, 9.17) is 4.74 Å². The molecule has 2 aromatic rings. The van der Waals surface area contributed by atoms with Crippen molar-refractivity contribution < 1.29 is 4.74 Å². The normalized spacial score (nSPS) is 12.4. The summed E-state index contributed by atoms with van der Waals surface area (Å²) in [5.74, 6) is 0.953. The highest BCUT2D eigenvalue weighted by molar-refractivity contribution is 9.11. The third kappa shape index (κ3) is 3.16. The van der Waals surface area contributed by atoms with E-state index in [9.17, 15) is 0 Å². The molecule has 0 spiro atoms. The number of benzene rings is 1. The van der Waals surface area contributed by atoms with Gasteiger partial charge in [-0.15, -0.1) is 11.3 Å². The number of hydrogen-bond donors (Lipinski definition) is 0. The molecular formula is C14H14Br2OS. The molecule has 0 radical (unpaired) electrons. The SMILES string of the molecule is COc1ccccc1CC(Br)c1cc(C)c(Br)s1. The molecule has 0 aliphatic heterocycles. The highest BCUT2D eigenvalue weighted by Crippen LogP contribution is 2.38. The van der Waals surface area contributed by atoms with Crippen molar-refractivity contribution in [1.29, 1.82) is 0 Å². The summed E-state index contributed by atoms with van der Waals surface area (Å²) in [7, 11) is 1.72. The third-order valence-electron chi connectivity index (χ3n) is 2.78. The summed E-state index contributed by atoms with van der Waals surface area (Å²) in [5.41, 5.74) is 2.52. The zero-order valence-electron chi connectivity index (χ0n) is 10.2. The van der Waals surface area contributed by atoms with Crippen molar-refractivity contribution in [2.75, 3.05) is 7.11 Å². The average Bonchev–Trinajstić information content (AvgIpc) is 2.70. The average molecular weight is 390 g/mol. The van der Waals surface area contributed by atoms with E-state index in [-0.39, 0.29) is 0 Å². The largest absolute Gasteiger partial charge is 0.496 e. The Morgan fingerprint density at radius 3 is 2.67 bits per heavy atom. The molecule has 4 heteroatoms. The Bertz CT molecular complexity index is 517. The van der Waals surface area contributed by atoms with Gasteiger partial charge in [-0.25, -0.2) is 0 Å². The fourth-order valence-corrected chi connectivity index (χ4v) is 4.11. The van der Waals surface area contributed by atoms with Gasteiger partial charge in [0, 0.05) is 4.88 Å². The predicted octanol–water partition coefficient (Wildman–Crippen LogP) is 5.51. The van der Waals surface area contributed by atoms with Crippen LogP contribution in [0.25, 0.3) is 0 Å². The Hall–Kier alpha value is -0.320. The molecule has 1 aromatic heterocycles. The second-order valence-corrected chi connectivity index (χ2v) is 7.60. The Labute approximate surface area is 128 Å². The maximum atomic E-state index is 5.38. The molecule has 0 saturated carbocycles. The molecule has 1 nitrogen and oxygen atoms in total. The van der Waals surface area contributed by atoms with Crippen LogP contribution in [0, 0.1) is 6.92 Å². The van der Waals surface area contributed by atoms with Gasteiger partial charge >= 0.3 is 0 Å². The van der Waals surface area contributed by atoms with Crippen LogP contribution in [0.4, 0.5) is 0 Å². The summed E-state index contributed by atoms with van der Waals surface area (Å²) in [5, 5.41) is 0. The van der Waals surface area contributed by atoms with Gasteiger partial charge in [0.1, 0.15) is 5.75 Å². The monoisotopic (exact) mass is 388 g/mol. The summed E-state index contributed by atoms with van der Waals surface area (Å²) in [6.45, 7) is 2.12. The molecule has 0 bridgehead atoms. The lowest BCUT2D eigenvalue weighted by atomic mass is 10.1. The van der Waals surface area contributed by atoms with Crippen LogP contribution in [0.3, 0.4) is 0 Å². The van der Waals surface area contributed by atoms with Crippen molar-refractivity contribution in [3.63, 3.8) is 0 Å². The number of thiophene rings is 1. The van der Waals surface area contributed by atoms with Crippen molar-refractivity contribution in [3.05, 3.63) is 50.1 Å². The van der Waals surface area contributed by atoms with Crippen molar-refractivity contribution in [1.82, 2.24) is 0 Å². The van der Waals surface area contributed by atoms with Gasteiger partial charge in [0.25, 0.3) is 0 Å². The zero-order chi connectivity index (χ0) is 13.1. The maximum Gasteiger partial charge on any atom is 0.122 e. The van der Waals surface area contributed by atoms with E-state index in [0.717, 1.165) is 12.2 Å². The molecule has 1 aromatic carbocycles. The summed E-state index contributed by atoms with van der Waals surface area (Å²) < 4.78 is 6.59. The van der Waals surface area contributed by atoms with Gasteiger partial charge in [-0.2, -0.15) is 0 Å². The van der Waals surface area contributed by atoms with Gasteiger partial charge in [0.05, 0.1) is 15.7 Å². The first kappa shape index (κ1) is 14.1. The van der Waals surface area contributed by atoms with E-state index in [1.54, 1.807) is 18.4 Å². The minimum Gasteiger partial charge on any atom is -0.496 e. The van der Waals surface area contributed by atoms with Crippen LogP contribution < -0.4 is 4.74 Å². The molecule has 0 fully saturated rings. The molecule has 18 heavy (non-hydrogen) atoms. The number of methoxy groups -OCH3 is 1. The van der Waals surface area contributed by atoms with Crippen LogP contribution in [-0.2, 0) is 6.42 Å². The molecule has 0 N–H and O–H groups in total. The lowest BCUT2D eigenvalue weighted by Crippen LogP contribution is -1.96. The lowest BCUT2D eigenvalue weighted by molar-refractivity contribution is 0.409.